The van der Waals surface area contributed by atoms with Gasteiger partial charge in [-0.1, -0.05) is 12.1 Å². The molecule has 3 heterocycles. The van der Waals surface area contributed by atoms with Crippen LogP contribution in [0.2, 0.25) is 0 Å². The molecule has 1 aromatic carbocycles. The van der Waals surface area contributed by atoms with Crippen molar-refractivity contribution in [3.8, 4) is 5.75 Å². The van der Waals surface area contributed by atoms with Crippen LogP contribution in [0.15, 0.2) is 41.1 Å². The molecule has 1 fully saturated rings. The van der Waals surface area contributed by atoms with Crippen LogP contribution < -0.4 is 10.1 Å². The third-order valence-electron chi connectivity index (χ3n) is 5.71. The van der Waals surface area contributed by atoms with E-state index in [2.05, 4.69) is 20.4 Å². The van der Waals surface area contributed by atoms with Crippen LogP contribution in [0.3, 0.4) is 0 Å². The Bertz CT molecular complexity index is 1140. The molecule has 4 rings (SSSR count). The highest BCUT2D eigenvalue weighted by Gasteiger charge is 2.31. The van der Waals surface area contributed by atoms with E-state index in [-0.39, 0.29) is 17.7 Å². The Morgan fingerprint density at radius 2 is 2.06 bits per heavy atom. The Morgan fingerprint density at radius 3 is 2.76 bits per heavy atom. The summed E-state index contributed by atoms with van der Waals surface area (Å²) in [4.78, 5) is 36.2. The van der Waals surface area contributed by atoms with Crippen LogP contribution in [-0.2, 0) is 6.42 Å². The van der Waals surface area contributed by atoms with Crippen molar-refractivity contribution in [3.05, 3.63) is 65.1 Å². The van der Waals surface area contributed by atoms with E-state index in [0.717, 1.165) is 25.0 Å². The first kappa shape index (κ1) is 22.4. The number of nitrogens with one attached hydrogen (secondary N) is 1. The van der Waals surface area contributed by atoms with Crippen LogP contribution in [0.5, 0.6) is 5.75 Å². The maximum absolute atomic E-state index is 12.8. The van der Waals surface area contributed by atoms with Gasteiger partial charge in [-0.25, -0.2) is 9.97 Å². The number of methoxy groups -OCH3 is 1. The number of likely N-dealkylation sites (tertiary alicyclic amines) is 1. The second kappa shape index (κ2) is 9.81. The minimum atomic E-state index is -0.277. The topological polar surface area (TPSA) is 110 Å². The van der Waals surface area contributed by atoms with Crippen molar-refractivity contribution in [1.82, 2.24) is 20.0 Å². The lowest BCUT2D eigenvalue weighted by atomic mass is 10.1. The molecule has 1 N–H and O–H groups in total. The first-order valence-electron chi connectivity index (χ1n) is 11.0. The molecule has 2 amide bonds. The number of anilines is 1. The Hall–Kier alpha value is -3.75. The van der Waals surface area contributed by atoms with Crippen LogP contribution in [-0.4, -0.2) is 52.0 Å². The lowest BCUT2D eigenvalue weighted by molar-refractivity contribution is 0.0780. The fourth-order valence-corrected chi connectivity index (χ4v) is 3.87. The predicted octanol–water partition coefficient (Wildman–Crippen LogP) is 3.62. The summed E-state index contributed by atoms with van der Waals surface area (Å²) in [6.07, 6.45) is 3.99. The minimum Gasteiger partial charge on any atom is -0.497 e. The molecule has 2 aromatic heterocycles. The molecule has 1 saturated heterocycles. The fraction of sp³-hybridized carbons (Fsp3) is 0.375. The molecule has 0 saturated carbocycles. The number of hydrogen-bond acceptors (Lipinski definition) is 7. The Balaban J connectivity index is 1.40. The van der Waals surface area contributed by atoms with Crippen molar-refractivity contribution < 1.29 is 18.8 Å². The van der Waals surface area contributed by atoms with E-state index in [1.165, 1.54) is 0 Å². The summed E-state index contributed by atoms with van der Waals surface area (Å²) in [5.74, 6) is 1.66. The summed E-state index contributed by atoms with van der Waals surface area (Å²) in [6, 6.07) is 8.81. The fourth-order valence-electron chi connectivity index (χ4n) is 3.87. The summed E-state index contributed by atoms with van der Waals surface area (Å²) >= 11 is 0. The van der Waals surface area contributed by atoms with Gasteiger partial charge >= 0.3 is 0 Å². The second-order valence-electron chi connectivity index (χ2n) is 8.08. The highest BCUT2D eigenvalue weighted by Crippen LogP contribution is 2.26. The summed E-state index contributed by atoms with van der Waals surface area (Å²) < 4.78 is 10.4. The van der Waals surface area contributed by atoms with E-state index >= 15 is 0 Å². The number of ether oxygens (including phenoxy) is 1. The highest BCUT2D eigenvalue weighted by atomic mass is 16.5. The number of aromatic nitrogens is 3. The summed E-state index contributed by atoms with van der Waals surface area (Å²) in [7, 11) is 1.59. The van der Waals surface area contributed by atoms with E-state index in [1.807, 2.05) is 6.92 Å². The van der Waals surface area contributed by atoms with Crippen molar-refractivity contribution >= 4 is 17.5 Å². The third kappa shape index (κ3) is 5.02. The smallest absolute Gasteiger partial charge is 0.276 e. The van der Waals surface area contributed by atoms with Crippen LogP contribution in [0.1, 0.15) is 63.8 Å². The van der Waals surface area contributed by atoms with Crippen molar-refractivity contribution in [3.63, 3.8) is 0 Å². The van der Waals surface area contributed by atoms with Crippen molar-refractivity contribution in [2.75, 3.05) is 25.5 Å². The van der Waals surface area contributed by atoms with Gasteiger partial charge in [-0.2, -0.15) is 0 Å². The van der Waals surface area contributed by atoms with Gasteiger partial charge in [0, 0.05) is 43.4 Å². The second-order valence-corrected chi connectivity index (χ2v) is 8.08. The van der Waals surface area contributed by atoms with Gasteiger partial charge in [0.2, 0.25) is 0 Å². The van der Waals surface area contributed by atoms with E-state index in [4.69, 9.17) is 9.26 Å². The average molecular weight is 450 g/mol. The maximum atomic E-state index is 12.8. The normalized spacial score (nSPS) is 15.5. The first-order valence-corrected chi connectivity index (χ1v) is 11.0. The molecule has 172 valence electrons. The molecule has 1 aliphatic rings. The van der Waals surface area contributed by atoms with Crippen LogP contribution in [0.4, 0.5) is 5.69 Å². The highest BCUT2D eigenvalue weighted by molar-refractivity contribution is 6.04. The number of carbonyl (C=O) groups is 2. The largest absolute Gasteiger partial charge is 0.497 e. The Labute approximate surface area is 192 Å². The van der Waals surface area contributed by atoms with Gasteiger partial charge in [0.15, 0.2) is 5.69 Å². The van der Waals surface area contributed by atoms with Gasteiger partial charge < -0.3 is 19.5 Å². The zero-order chi connectivity index (χ0) is 23.4. The van der Waals surface area contributed by atoms with Crippen molar-refractivity contribution in [1.29, 1.82) is 0 Å². The van der Waals surface area contributed by atoms with Crippen LogP contribution >= 0.6 is 0 Å². The van der Waals surface area contributed by atoms with Gasteiger partial charge in [-0.15, -0.1) is 0 Å². The number of carbonyl (C=O) groups excluding carboxylic acids is 2. The molecular formula is C24H27N5O4. The van der Waals surface area contributed by atoms with Crippen molar-refractivity contribution in [2.45, 2.75) is 39.0 Å². The zero-order valence-corrected chi connectivity index (χ0v) is 19.0. The lowest BCUT2D eigenvalue weighted by Crippen LogP contribution is -2.29. The average Bonchev–Trinajstić information content (AvgIpc) is 3.49. The predicted molar refractivity (Wildman–Crippen MR) is 121 cm³/mol. The monoisotopic (exact) mass is 449 g/mol. The quantitative estimate of drug-likeness (QED) is 0.586. The molecule has 33 heavy (non-hydrogen) atoms. The first-order chi connectivity index (χ1) is 16.0. The number of aryl methyl sites for hydroxylation is 2. The lowest BCUT2D eigenvalue weighted by Gasteiger charge is -2.15. The van der Waals surface area contributed by atoms with Gasteiger partial charge in [0.1, 0.15) is 17.3 Å². The number of nitrogens with zero attached hydrogens (tertiary/aromatic N) is 4. The van der Waals surface area contributed by atoms with Gasteiger partial charge in [-0.3, -0.25) is 9.59 Å². The van der Waals surface area contributed by atoms with Crippen LogP contribution in [0.25, 0.3) is 0 Å². The number of amides is 2. The molecule has 1 atom stereocenters. The zero-order valence-electron chi connectivity index (χ0n) is 19.0. The number of benzene rings is 1. The van der Waals surface area contributed by atoms with Gasteiger partial charge in [0.05, 0.1) is 18.4 Å². The van der Waals surface area contributed by atoms with E-state index in [9.17, 15) is 9.59 Å². The molecule has 0 unspecified atom stereocenters. The molecule has 9 nitrogen and oxygen atoms in total. The molecule has 0 bridgehead atoms. The molecular weight excluding hydrogens is 422 g/mol. The molecule has 9 heteroatoms. The molecule has 0 aliphatic carbocycles. The van der Waals surface area contributed by atoms with E-state index in [0.29, 0.717) is 47.3 Å². The van der Waals surface area contributed by atoms with Gasteiger partial charge in [-0.05, 0) is 44.0 Å². The Kier molecular flexibility index (Phi) is 6.67. The summed E-state index contributed by atoms with van der Waals surface area (Å²) in [5.41, 5.74) is 1.99. The maximum Gasteiger partial charge on any atom is 0.276 e. The van der Waals surface area contributed by atoms with E-state index < -0.39 is 0 Å². The molecule has 0 radical (unpaired) electrons. The summed E-state index contributed by atoms with van der Waals surface area (Å²) in [6.45, 7) is 4.94. The molecule has 0 spiro atoms. The summed E-state index contributed by atoms with van der Waals surface area (Å²) in [5, 5.41) is 6.76. The van der Waals surface area contributed by atoms with Gasteiger partial charge in [0.25, 0.3) is 11.8 Å². The number of hydrogen-bond donors (Lipinski definition) is 1. The minimum absolute atomic E-state index is 0.00774. The van der Waals surface area contributed by atoms with Crippen LogP contribution in [0, 0.1) is 6.92 Å². The van der Waals surface area contributed by atoms with E-state index in [1.54, 1.807) is 55.5 Å². The third-order valence-corrected chi connectivity index (χ3v) is 5.71. The number of rotatable bonds is 7. The molecule has 3 aromatic rings. The standard InChI is InChI=1S/C24H27N5O4/c1-4-5-19-12-21(28-33-19)24(31)29-11-10-16(14-29)22-25-13-20(15(2)26-22)23(30)27-17-6-8-18(32-3)9-7-17/h6-9,12-13,16H,4-5,10-11,14H2,1-3H3,(H,27,30)/t16-/m0/s1. The molecule has 1 aliphatic heterocycles. The SMILES string of the molecule is CCCc1cc(C(=O)N2CC[C@H](c3ncc(C(=O)Nc4ccc(OC)cc4)c(C)n3)C2)no1. The Morgan fingerprint density at radius 1 is 1.27 bits per heavy atom. The van der Waals surface area contributed by atoms with Crippen molar-refractivity contribution in [2.24, 2.45) is 0 Å².